The number of hydrogen-bond acceptors (Lipinski definition) is 3. The van der Waals surface area contributed by atoms with Crippen molar-refractivity contribution in [2.24, 2.45) is 0 Å². The van der Waals surface area contributed by atoms with Crippen LogP contribution in [0.1, 0.15) is 5.56 Å². The molecule has 98 valence electrons. The van der Waals surface area contributed by atoms with Gasteiger partial charge in [0.05, 0.1) is 7.11 Å². The molecule has 2 N–H and O–H groups in total. The monoisotopic (exact) mass is 258 g/mol. The van der Waals surface area contributed by atoms with Crippen molar-refractivity contribution >= 4 is 22.3 Å². The van der Waals surface area contributed by atoms with E-state index in [9.17, 15) is 9.90 Å². The number of aliphatic hydroxyl groups is 1. The van der Waals surface area contributed by atoms with Gasteiger partial charge in [-0.3, -0.25) is 0 Å². The average molecular weight is 258 g/mol. The van der Waals surface area contributed by atoms with E-state index in [1.807, 2.05) is 24.3 Å². The molecule has 2 rings (SSSR count). The van der Waals surface area contributed by atoms with E-state index in [0.717, 1.165) is 16.5 Å². The highest BCUT2D eigenvalue weighted by molar-refractivity contribution is 5.92. The van der Waals surface area contributed by atoms with Gasteiger partial charge in [-0.15, -0.1) is 0 Å². The zero-order valence-corrected chi connectivity index (χ0v) is 10.5. The molecule has 0 heterocycles. The van der Waals surface area contributed by atoms with Gasteiger partial charge in [0.1, 0.15) is 5.75 Å². The first-order chi connectivity index (χ1) is 9.02. The number of fused-ring (bicyclic) bond motifs is 1. The molecule has 0 saturated heterocycles. The minimum atomic E-state index is -1.59. The maximum Gasteiger partial charge on any atom is 0.337 e. The third-order valence-electron chi connectivity index (χ3n) is 2.98. The summed E-state index contributed by atoms with van der Waals surface area (Å²) in [6.45, 7) is 3.63. The number of aliphatic carboxylic acids is 1. The Morgan fingerprint density at radius 1 is 1.21 bits per heavy atom. The Morgan fingerprint density at radius 2 is 1.84 bits per heavy atom. The summed E-state index contributed by atoms with van der Waals surface area (Å²) >= 11 is 0. The first kappa shape index (κ1) is 13.1. The van der Waals surface area contributed by atoms with Crippen LogP contribution >= 0.6 is 0 Å². The summed E-state index contributed by atoms with van der Waals surface area (Å²) < 4.78 is 5.13. The van der Waals surface area contributed by atoms with Gasteiger partial charge in [-0.2, -0.15) is 0 Å². The van der Waals surface area contributed by atoms with Gasteiger partial charge in [0, 0.05) is 0 Å². The third kappa shape index (κ3) is 2.58. The molecule has 0 aromatic heterocycles. The van der Waals surface area contributed by atoms with Gasteiger partial charge in [0.15, 0.2) is 6.10 Å². The third-order valence-corrected chi connectivity index (χ3v) is 2.98. The molecule has 0 spiro atoms. The number of benzene rings is 2. The van der Waals surface area contributed by atoms with Crippen LogP contribution in [0.4, 0.5) is 0 Å². The fourth-order valence-electron chi connectivity index (χ4n) is 1.86. The summed E-state index contributed by atoms with van der Waals surface area (Å²) in [6.07, 6.45) is -1.59. The average Bonchev–Trinajstić information content (AvgIpc) is 2.44. The van der Waals surface area contributed by atoms with E-state index in [4.69, 9.17) is 9.84 Å². The van der Waals surface area contributed by atoms with Crippen molar-refractivity contribution in [1.29, 1.82) is 0 Å². The molecule has 0 fully saturated rings. The normalized spacial score (nSPS) is 12.1. The summed E-state index contributed by atoms with van der Waals surface area (Å²) in [6, 6.07) is 10.9. The van der Waals surface area contributed by atoms with Crippen molar-refractivity contribution in [3.8, 4) is 5.75 Å². The minimum Gasteiger partial charge on any atom is -0.497 e. The topological polar surface area (TPSA) is 66.8 Å². The molecule has 1 atom stereocenters. The second kappa shape index (κ2) is 5.12. The van der Waals surface area contributed by atoms with Gasteiger partial charge in [0.25, 0.3) is 0 Å². The van der Waals surface area contributed by atoms with Crippen LogP contribution in [0, 0.1) is 0 Å². The van der Waals surface area contributed by atoms with E-state index in [1.54, 1.807) is 19.2 Å². The Bertz CT molecular complexity index is 646. The molecule has 0 aliphatic carbocycles. The van der Waals surface area contributed by atoms with Crippen LogP contribution in [0.5, 0.6) is 5.75 Å². The minimum absolute atomic E-state index is 0.171. The van der Waals surface area contributed by atoms with Crippen molar-refractivity contribution in [3.63, 3.8) is 0 Å². The highest BCUT2D eigenvalue weighted by Gasteiger charge is 2.18. The van der Waals surface area contributed by atoms with Gasteiger partial charge in [-0.05, 0) is 40.1 Å². The maximum absolute atomic E-state index is 10.7. The predicted molar refractivity (Wildman–Crippen MR) is 73.2 cm³/mol. The van der Waals surface area contributed by atoms with E-state index >= 15 is 0 Å². The molecule has 0 aliphatic rings. The van der Waals surface area contributed by atoms with E-state index in [-0.39, 0.29) is 5.57 Å². The Kier molecular flexibility index (Phi) is 3.53. The van der Waals surface area contributed by atoms with E-state index in [0.29, 0.717) is 5.56 Å². The van der Waals surface area contributed by atoms with Gasteiger partial charge >= 0.3 is 5.97 Å². The molecule has 0 aliphatic heterocycles. The first-order valence-corrected chi connectivity index (χ1v) is 5.71. The lowest BCUT2D eigenvalue weighted by atomic mass is 9.99. The number of ether oxygens (including phenoxy) is 1. The number of carboxylic acids is 1. The van der Waals surface area contributed by atoms with Crippen LogP contribution < -0.4 is 4.74 Å². The molecular weight excluding hydrogens is 244 g/mol. The van der Waals surface area contributed by atoms with Crippen LogP contribution in [0.25, 0.3) is 16.3 Å². The summed E-state index contributed by atoms with van der Waals surface area (Å²) in [7, 11) is 1.60. The number of methoxy groups -OCH3 is 1. The molecular formula is C15H14O4. The first-order valence-electron chi connectivity index (χ1n) is 5.71. The Hall–Kier alpha value is -2.33. The van der Waals surface area contributed by atoms with Crippen LogP contribution in [0.15, 0.2) is 43.0 Å². The lowest BCUT2D eigenvalue weighted by molar-refractivity contribution is -0.143. The molecule has 4 heteroatoms. The number of aliphatic hydroxyl groups excluding tert-OH is 1. The van der Waals surface area contributed by atoms with Crippen molar-refractivity contribution < 1.29 is 19.7 Å². The highest BCUT2D eigenvalue weighted by Crippen LogP contribution is 2.25. The molecule has 0 saturated carbocycles. The van der Waals surface area contributed by atoms with E-state index in [2.05, 4.69) is 6.58 Å². The summed E-state index contributed by atoms with van der Waals surface area (Å²) in [5, 5.41) is 20.2. The number of rotatable bonds is 4. The molecule has 0 radical (unpaired) electrons. The molecule has 1 unspecified atom stereocenters. The van der Waals surface area contributed by atoms with Crippen LogP contribution in [-0.2, 0) is 4.79 Å². The SMILES string of the molecule is C=C(c1ccc2cc(OC)ccc2c1)C(O)C(=O)O. The van der Waals surface area contributed by atoms with Crippen molar-refractivity contribution in [2.45, 2.75) is 6.10 Å². The molecule has 0 bridgehead atoms. The lowest BCUT2D eigenvalue weighted by Crippen LogP contribution is -2.20. The molecule has 4 nitrogen and oxygen atoms in total. The zero-order valence-electron chi connectivity index (χ0n) is 10.5. The second-order valence-electron chi connectivity index (χ2n) is 4.19. The maximum atomic E-state index is 10.7. The van der Waals surface area contributed by atoms with Crippen molar-refractivity contribution in [3.05, 3.63) is 48.5 Å². The van der Waals surface area contributed by atoms with Gasteiger partial charge in [0.2, 0.25) is 0 Å². The number of hydrogen-bond donors (Lipinski definition) is 2. The molecule has 0 amide bonds. The van der Waals surface area contributed by atoms with Gasteiger partial charge in [-0.25, -0.2) is 4.79 Å². The van der Waals surface area contributed by atoms with E-state index < -0.39 is 12.1 Å². The van der Waals surface area contributed by atoms with Crippen molar-refractivity contribution in [1.82, 2.24) is 0 Å². The van der Waals surface area contributed by atoms with Crippen molar-refractivity contribution in [2.75, 3.05) is 7.11 Å². The predicted octanol–water partition coefficient (Wildman–Crippen LogP) is 2.31. The Morgan fingerprint density at radius 3 is 2.47 bits per heavy atom. The fraction of sp³-hybridized carbons (Fsp3) is 0.133. The Balaban J connectivity index is 2.42. The quantitative estimate of drug-likeness (QED) is 0.883. The summed E-state index contributed by atoms with van der Waals surface area (Å²) in [5.74, 6) is -0.551. The standard InChI is InChI=1S/C15H14O4/c1-9(14(16)15(17)18)10-3-4-12-8-13(19-2)6-5-11(12)7-10/h3-8,14,16H,1H2,2H3,(H,17,18). The Labute approximate surface area is 110 Å². The van der Waals surface area contributed by atoms with Crippen LogP contribution in [0.3, 0.4) is 0 Å². The van der Waals surface area contributed by atoms with Crippen LogP contribution in [-0.4, -0.2) is 29.4 Å². The van der Waals surface area contributed by atoms with Gasteiger partial charge in [-0.1, -0.05) is 24.8 Å². The van der Waals surface area contributed by atoms with Crippen LogP contribution in [0.2, 0.25) is 0 Å². The molecule has 19 heavy (non-hydrogen) atoms. The fourth-order valence-corrected chi connectivity index (χ4v) is 1.86. The number of carbonyl (C=O) groups is 1. The summed E-state index contributed by atoms with van der Waals surface area (Å²) in [4.78, 5) is 10.7. The van der Waals surface area contributed by atoms with Gasteiger partial charge < -0.3 is 14.9 Å². The largest absolute Gasteiger partial charge is 0.497 e. The number of carboxylic acid groups (broad SMARTS) is 1. The van der Waals surface area contributed by atoms with E-state index in [1.165, 1.54) is 0 Å². The molecule has 2 aromatic carbocycles. The highest BCUT2D eigenvalue weighted by atomic mass is 16.5. The lowest BCUT2D eigenvalue weighted by Gasteiger charge is -2.11. The second-order valence-corrected chi connectivity index (χ2v) is 4.19. The molecule has 2 aromatic rings. The smallest absolute Gasteiger partial charge is 0.337 e. The zero-order chi connectivity index (χ0) is 14.0. The summed E-state index contributed by atoms with van der Waals surface area (Å²) in [5.41, 5.74) is 0.776.